The summed E-state index contributed by atoms with van der Waals surface area (Å²) in [6.07, 6.45) is 6.18. The molecule has 2 heterocycles. The number of hydrogen-bond acceptors (Lipinski definition) is 10. The van der Waals surface area contributed by atoms with Crippen LogP contribution < -0.4 is 9.47 Å². The van der Waals surface area contributed by atoms with E-state index >= 15 is 0 Å². The molecule has 8 rings (SSSR count). The van der Waals surface area contributed by atoms with Gasteiger partial charge in [-0.1, -0.05) is 97.1 Å². The standard InChI is InChI=1S/C46H26O10/c47-37(29-7-3-1-4-8-29)25-15-27-11-17-31(18-12-27)53-41-33-21-23-35-39(41)45(51)56-46(52)40-36(44(50)55-43(35)49)24-22-34(33)42(40)54-32-19-13-28(14-20-32)16-26-38(48)30-9-5-2-6-10-30/h1-26H. The summed E-state index contributed by atoms with van der Waals surface area (Å²) >= 11 is 0. The van der Waals surface area contributed by atoms with E-state index in [0.717, 1.165) is 0 Å². The minimum atomic E-state index is -1.22. The lowest BCUT2D eigenvalue weighted by Gasteiger charge is -2.18. The van der Waals surface area contributed by atoms with E-state index in [1.165, 1.54) is 36.4 Å². The maximum Gasteiger partial charge on any atom is 0.350 e. The van der Waals surface area contributed by atoms with E-state index in [1.54, 1.807) is 109 Å². The van der Waals surface area contributed by atoms with Crippen LogP contribution >= 0.6 is 0 Å². The van der Waals surface area contributed by atoms with Crippen molar-refractivity contribution in [3.8, 4) is 34.1 Å². The van der Waals surface area contributed by atoms with E-state index in [2.05, 4.69) is 0 Å². The van der Waals surface area contributed by atoms with Crippen LogP contribution in [0.5, 0.6) is 23.0 Å². The van der Waals surface area contributed by atoms with Crippen LogP contribution in [0.3, 0.4) is 0 Å². The molecule has 0 N–H and O–H groups in total. The first kappa shape index (κ1) is 35.1. The van der Waals surface area contributed by atoms with E-state index in [1.807, 2.05) is 12.1 Å². The van der Waals surface area contributed by atoms with Crippen molar-refractivity contribution in [3.05, 3.63) is 190 Å². The van der Waals surface area contributed by atoms with Gasteiger partial charge in [0.15, 0.2) is 23.1 Å². The first-order valence-corrected chi connectivity index (χ1v) is 17.2. The van der Waals surface area contributed by atoms with E-state index in [4.69, 9.17) is 18.9 Å². The lowest BCUT2D eigenvalue weighted by molar-refractivity contribution is 0.0331. The fraction of sp³-hybridized carbons (Fsp3) is 0. The number of hydrogen-bond donors (Lipinski definition) is 0. The molecule has 270 valence electrons. The number of carbonyl (C=O) groups excluding carboxylic acids is 6. The number of allylic oxidation sites excluding steroid dienone is 2. The summed E-state index contributed by atoms with van der Waals surface area (Å²) in [4.78, 5) is 79.5. The highest BCUT2D eigenvalue weighted by Gasteiger charge is 2.39. The monoisotopic (exact) mass is 738 g/mol. The molecule has 0 spiro atoms. The quantitative estimate of drug-likeness (QED) is 0.0578. The lowest BCUT2D eigenvalue weighted by Crippen LogP contribution is -2.24. The van der Waals surface area contributed by atoms with Crippen molar-refractivity contribution < 1.29 is 47.7 Å². The Hall–Kier alpha value is -7.98. The molecule has 56 heavy (non-hydrogen) atoms. The topological polar surface area (TPSA) is 139 Å². The fourth-order valence-electron chi connectivity index (χ4n) is 6.20. The molecule has 6 aromatic carbocycles. The van der Waals surface area contributed by atoms with Gasteiger partial charge in [0.1, 0.15) is 22.6 Å². The van der Waals surface area contributed by atoms with Crippen LogP contribution in [0.15, 0.2) is 146 Å². The minimum absolute atomic E-state index is 0.164. The average molecular weight is 739 g/mol. The van der Waals surface area contributed by atoms with Gasteiger partial charge in [-0.25, -0.2) is 19.2 Å². The van der Waals surface area contributed by atoms with Crippen molar-refractivity contribution in [1.82, 2.24) is 0 Å². The Kier molecular flexibility index (Phi) is 9.27. The maximum absolute atomic E-state index is 13.8. The fourth-order valence-corrected chi connectivity index (χ4v) is 6.20. The molecule has 4 bridgehead atoms. The second-order valence-corrected chi connectivity index (χ2v) is 12.6. The number of fused-ring (bicyclic) bond motifs is 5. The molecule has 0 radical (unpaired) electrons. The second kappa shape index (κ2) is 14.8. The minimum Gasteiger partial charge on any atom is -0.456 e. The van der Waals surface area contributed by atoms with E-state index in [9.17, 15) is 28.8 Å². The number of carbonyl (C=O) groups is 6. The molecule has 10 nitrogen and oxygen atoms in total. The van der Waals surface area contributed by atoms with E-state index in [-0.39, 0.29) is 56.8 Å². The van der Waals surface area contributed by atoms with Gasteiger partial charge in [0.2, 0.25) is 0 Å². The van der Waals surface area contributed by atoms with Gasteiger partial charge < -0.3 is 18.9 Å². The zero-order chi connectivity index (χ0) is 38.8. The zero-order valence-corrected chi connectivity index (χ0v) is 29.1. The predicted molar refractivity (Wildman–Crippen MR) is 204 cm³/mol. The molecule has 0 saturated carbocycles. The first-order valence-electron chi connectivity index (χ1n) is 17.2. The molecule has 0 saturated heterocycles. The Bertz CT molecular complexity index is 2470. The van der Waals surface area contributed by atoms with E-state index in [0.29, 0.717) is 22.3 Å². The smallest absolute Gasteiger partial charge is 0.350 e. The van der Waals surface area contributed by atoms with Crippen molar-refractivity contribution in [2.24, 2.45) is 0 Å². The largest absolute Gasteiger partial charge is 0.456 e. The van der Waals surface area contributed by atoms with Crippen molar-refractivity contribution in [1.29, 1.82) is 0 Å². The van der Waals surface area contributed by atoms with Gasteiger partial charge >= 0.3 is 23.9 Å². The summed E-state index contributed by atoms with van der Waals surface area (Å²) in [5.74, 6) is -4.99. The summed E-state index contributed by atoms with van der Waals surface area (Å²) in [6, 6.07) is 36.3. The van der Waals surface area contributed by atoms with Crippen molar-refractivity contribution in [2.75, 3.05) is 0 Å². The molecule has 2 aliphatic heterocycles. The van der Waals surface area contributed by atoms with E-state index < -0.39 is 35.0 Å². The van der Waals surface area contributed by atoms with Crippen LogP contribution in [0.25, 0.3) is 23.3 Å². The summed E-state index contributed by atoms with van der Waals surface area (Å²) in [5.41, 5.74) is 1.28. The zero-order valence-electron chi connectivity index (χ0n) is 29.1. The molecule has 0 amide bonds. The Labute approximate surface area is 318 Å². The van der Waals surface area contributed by atoms with Crippen LogP contribution in [0.1, 0.15) is 73.3 Å². The van der Waals surface area contributed by atoms with Gasteiger partial charge in [-0.3, -0.25) is 9.59 Å². The lowest BCUT2D eigenvalue weighted by atomic mass is 9.94. The van der Waals surface area contributed by atoms with Gasteiger partial charge in [0, 0.05) is 22.3 Å². The summed E-state index contributed by atoms with van der Waals surface area (Å²) in [5, 5.41) is 0. The first-order chi connectivity index (χ1) is 27.2. The highest BCUT2D eigenvalue weighted by atomic mass is 16.6. The summed E-state index contributed by atoms with van der Waals surface area (Å²) in [6.45, 7) is 0. The van der Waals surface area contributed by atoms with Gasteiger partial charge in [0.25, 0.3) is 0 Å². The number of ether oxygens (including phenoxy) is 4. The molecule has 0 unspecified atom stereocenters. The van der Waals surface area contributed by atoms with Crippen molar-refractivity contribution in [2.45, 2.75) is 0 Å². The highest BCUT2D eigenvalue weighted by Crippen LogP contribution is 2.47. The van der Waals surface area contributed by atoms with Crippen LogP contribution in [-0.2, 0) is 9.47 Å². The normalized spacial score (nSPS) is 13.1. The van der Waals surface area contributed by atoms with Crippen LogP contribution in [0.4, 0.5) is 0 Å². The van der Waals surface area contributed by atoms with Gasteiger partial charge in [-0.15, -0.1) is 0 Å². The molecular weight excluding hydrogens is 712 g/mol. The number of ketones is 2. The van der Waals surface area contributed by atoms with Crippen LogP contribution in [0.2, 0.25) is 0 Å². The predicted octanol–water partition coefficient (Wildman–Crippen LogP) is 9.35. The van der Waals surface area contributed by atoms with Gasteiger partial charge in [-0.2, -0.15) is 0 Å². The third-order valence-electron chi connectivity index (χ3n) is 9.00. The SMILES string of the molecule is O=C(C=Cc1ccc(Oc2c3ccc4c2C(=O)OC(=O)c2c(ccc-3c2Oc2ccc(C=CC(=O)c3ccccc3)cc2)C(=O)OC4=O)cc1)c1ccccc1. The second-order valence-electron chi connectivity index (χ2n) is 12.6. The average Bonchev–Trinajstić information content (AvgIpc) is 3.26. The van der Waals surface area contributed by atoms with Crippen LogP contribution in [-0.4, -0.2) is 35.4 Å². The Morgan fingerprint density at radius 2 is 0.768 bits per heavy atom. The Morgan fingerprint density at radius 1 is 0.411 bits per heavy atom. The van der Waals surface area contributed by atoms with Crippen LogP contribution in [0, 0.1) is 0 Å². The summed E-state index contributed by atoms with van der Waals surface area (Å²) in [7, 11) is 0. The molecule has 6 aromatic rings. The Morgan fingerprint density at radius 3 is 1.16 bits per heavy atom. The van der Waals surface area contributed by atoms with Crippen molar-refractivity contribution in [3.63, 3.8) is 0 Å². The number of esters is 4. The highest BCUT2D eigenvalue weighted by molar-refractivity contribution is 6.19. The van der Waals surface area contributed by atoms with Gasteiger partial charge in [0.05, 0.1) is 11.1 Å². The number of benzene rings is 6. The third-order valence-corrected chi connectivity index (χ3v) is 9.00. The Balaban J connectivity index is 1.17. The maximum atomic E-state index is 13.8. The molecule has 0 atom stereocenters. The number of cyclic esters (lactones) is 2. The van der Waals surface area contributed by atoms with Gasteiger partial charge in [-0.05, 0) is 71.8 Å². The number of rotatable bonds is 10. The molecule has 0 aliphatic carbocycles. The molecular formula is C46H26O10. The molecule has 0 fully saturated rings. The third kappa shape index (κ3) is 6.93. The summed E-state index contributed by atoms with van der Waals surface area (Å²) < 4.78 is 23.1. The molecule has 10 heteroatoms. The molecule has 0 aromatic heterocycles. The van der Waals surface area contributed by atoms with Crippen molar-refractivity contribution >= 4 is 47.6 Å². The molecule has 2 aliphatic rings.